The summed E-state index contributed by atoms with van der Waals surface area (Å²) >= 11 is 0. The quantitative estimate of drug-likeness (QED) is 0.870. The fourth-order valence-corrected chi connectivity index (χ4v) is 2.08. The van der Waals surface area contributed by atoms with E-state index in [9.17, 15) is 4.79 Å². The van der Waals surface area contributed by atoms with Crippen LogP contribution >= 0.6 is 0 Å². The van der Waals surface area contributed by atoms with Gasteiger partial charge >= 0.3 is 6.09 Å². The maximum absolute atomic E-state index is 11.7. The molecular weight excluding hydrogens is 302 g/mol. The lowest BCUT2D eigenvalue weighted by Gasteiger charge is -2.19. The molecule has 1 amide bonds. The smallest absolute Gasteiger partial charge is 0.412 e. The zero-order valence-electron chi connectivity index (χ0n) is 14.7. The number of aryl methyl sites for hydroxylation is 1. The number of benzene rings is 1. The van der Waals surface area contributed by atoms with Gasteiger partial charge in [0.25, 0.3) is 0 Å². The number of amides is 1. The van der Waals surface area contributed by atoms with E-state index in [1.54, 1.807) is 0 Å². The van der Waals surface area contributed by atoms with E-state index in [0.717, 1.165) is 35.6 Å². The highest BCUT2D eigenvalue weighted by Crippen LogP contribution is 2.13. The molecule has 5 heteroatoms. The van der Waals surface area contributed by atoms with Gasteiger partial charge in [-0.15, -0.1) is 0 Å². The normalized spacial score (nSPS) is 11.2. The molecule has 0 unspecified atom stereocenters. The molecule has 1 aromatic carbocycles. The van der Waals surface area contributed by atoms with Crippen molar-refractivity contribution < 1.29 is 9.53 Å². The zero-order valence-corrected chi connectivity index (χ0v) is 14.7. The number of anilines is 1. The van der Waals surface area contributed by atoms with Crippen molar-refractivity contribution in [2.24, 2.45) is 0 Å². The molecule has 0 atom stereocenters. The van der Waals surface area contributed by atoms with Crippen LogP contribution in [0.5, 0.6) is 0 Å². The number of rotatable bonds is 5. The molecule has 0 bridgehead atoms. The second-order valence-corrected chi connectivity index (χ2v) is 6.74. The second-order valence-electron chi connectivity index (χ2n) is 6.74. The lowest BCUT2D eigenvalue weighted by Crippen LogP contribution is -2.27. The molecule has 0 radical (unpaired) electrons. The Balaban J connectivity index is 1.79. The van der Waals surface area contributed by atoms with Crippen molar-refractivity contribution in [2.75, 3.05) is 5.32 Å². The monoisotopic (exact) mass is 327 g/mol. The topological polar surface area (TPSA) is 63.2 Å². The lowest BCUT2D eigenvalue weighted by atomic mass is 10.2. The number of carbonyl (C=O) groups excluding carboxylic acids is 1. The molecular formula is C19H25N3O2. The summed E-state index contributed by atoms with van der Waals surface area (Å²) < 4.78 is 5.23. The number of carbonyl (C=O) groups is 1. The Morgan fingerprint density at radius 2 is 1.67 bits per heavy atom. The van der Waals surface area contributed by atoms with Gasteiger partial charge in [0, 0.05) is 30.7 Å². The van der Waals surface area contributed by atoms with Crippen molar-refractivity contribution in [3.8, 4) is 0 Å². The Morgan fingerprint density at radius 3 is 2.25 bits per heavy atom. The summed E-state index contributed by atoms with van der Waals surface area (Å²) in [6.45, 7) is 9.01. The number of nitrogens with one attached hydrogen (secondary N) is 2. The summed E-state index contributed by atoms with van der Waals surface area (Å²) in [6, 6.07) is 11.8. The van der Waals surface area contributed by atoms with Gasteiger partial charge in [-0.2, -0.15) is 0 Å². The van der Waals surface area contributed by atoms with Crippen LogP contribution in [0.1, 0.15) is 37.6 Å². The molecule has 24 heavy (non-hydrogen) atoms. The van der Waals surface area contributed by atoms with Gasteiger partial charge in [-0.05, 0) is 57.0 Å². The van der Waals surface area contributed by atoms with Gasteiger partial charge in [-0.3, -0.25) is 10.3 Å². The molecule has 1 heterocycles. The Bertz CT molecular complexity index is 659. The Morgan fingerprint density at radius 1 is 1.04 bits per heavy atom. The summed E-state index contributed by atoms with van der Waals surface area (Å²) in [5, 5.41) is 6.10. The highest BCUT2D eigenvalue weighted by Gasteiger charge is 2.15. The van der Waals surface area contributed by atoms with E-state index >= 15 is 0 Å². The number of pyridine rings is 1. The number of nitrogens with zero attached hydrogens (tertiary/aromatic N) is 1. The van der Waals surface area contributed by atoms with Gasteiger partial charge in [0.1, 0.15) is 5.60 Å². The first-order valence-corrected chi connectivity index (χ1v) is 8.03. The van der Waals surface area contributed by atoms with E-state index in [2.05, 4.69) is 21.7 Å². The largest absolute Gasteiger partial charge is 0.444 e. The summed E-state index contributed by atoms with van der Waals surface area (Å²) in [5.74, 6) is 0. The molecule has 5 nitrogen and oxygen atoms in total. The van der Waals surface area contributed by atoms with Gasteiger partial charge in [0.15, 0.2) is 0 Å². The Kier molecular flexibility index (Phi) is 5.93. The van der Waals surface area contributed by atoms with E-state index in [4.69, 9.17) is 4.74 Å². The van der Waals surface area contributed by atoms with Gasteiger partial charge < -0.3 is 10.1 Å². The van der Waals surface area contributed by atoms with E-state index in [1.165, 1.54) is 0 Å². The summed E-state index contributed by atoms with van der Waals surface area (Å²) in [6.07, 6.45) is 1.44. The van der Waals surface area contributed by atoms with Crippen LogP contribution in [-0.4, -0.2) is 16.7 Å². The minimum absolute atomic E-state index is 0.444. The van der Waals surface area contributed by atoms with Crippen LogP contribution in [0.4, 0.5) is 10.5 Å². The average Bonchev–Trinajstić information content (AvgIpc) is 2.49. The van der Waals surface area contributed by atoms with Crippen LogP contribution in [0.3, 0.4) is 0 Å². The van der Waals surface area contributed by atoms with Gasteiger partial charge in [0.05, 0.1) is 0 Å². The molecule has 0 spiro atoms. The number of hydrogen-bond donors (Lipinski definition) is 2. The predicted octanol–water partition coefficient (Wildman–Crippen LogP) is 4.03. The van der Waals surface area contributed by atoms with E-state index in [-0.39, 0.29) is 0 Å². The first-order chi connectivity index (χ1) is 11.3. The molecule has 0 fully saturated rings. The van der Waals surface area contributed by atoms with Gasteiger partial charge in [0.2, 0.25) is 0 Å². The molecule has 2 N–H and O–H groups in total. The predicted molar refractivity (Wildman–Crippen MR) is 95.8 cm³/mol. The minimum atomic E-state index is -0.501. The fraction of sp³-hybridized carbons (Fsp3) is 0.368. The standard InChI is InChI=1S/C19H25N3O2/c1-14-5-6-16(13-21-14)12-20-11-15-7-9-17(10-8-15)22-18(23)24-19(2,3)4/h5-10,13,20H,11-12H2,1-4H3,(H,22,23). The number of ether oxygens (including phenoxy) is 1. The third kappa shape index (κ3) is 6.38. The van der Waals surface area contributed by atoms with Crippen molar-refractivity contribution in [3.05, 3.63) is 59.4 Å². The summed E-state index contributed by atoms with van der Waals surface area (Å²) in [7, 11) is 0. The highest BCUT2D eigenvalue weighted by atomic mass is 16.6. The molecule has 0 aliphatic carbocycles. The van der Waals surface area contributed by atoms with Crippen molar-refractivity contribution in [3.63, 3.8) is 0 Å². The van der Waals surface area contributed by atoms with Crippen LogP contribution in [-0.2, 0) is 17.8 Å². The van der Waals surface area contributed by atoms with Gasteiger partial charge in [-0.1, -0.05) is 18.2 Å². The van der Waals surface area contributed by atoms with E-state index in [1.807, 2.05) is 64.2 Å². The average molecular weight is 327 g/mol. The molecule has 2 aromatic rings. The van der Waals surface area contributed by atoms with Gasteiger partial charge in [-0.25, -0.2) is 4.79 Å². The van der Waals surface area contributed by atoms with Crippen LogP contribution in [0, 0.1) is 6.92 Å². The van der Waals surface area contributed by atoms with Crippen molar-refractivity contribution >= 4 is 11.8 Å². The Labute approximate surface area is 143 Å². The lowest BCUT2D eigenvalue weighted by molar-refractivity contribution is 0.0636. The fourth-order valence-electron chi connectivity index (χ4n) is 2.08. The first-order valence-electron chi connectivity index (χ1n) is 8.03. The first kappa shape index (κ1) is 17.9. The van der Waals surface area contributed by atoms with Crippen molar-refractivity contribution in [1.82, 2.24) is 10.3 Å². The molecule has 0 saturated heterocycles. The molecule has 0 aliphatic rings. The molecule has 1 aromatic heterocycles. The molecule has 0 aliphatic heterocycles. The van der Waals surface area contributed by atoms with Crippen LogP contribution in [0.15, 0.2) is 42.6 Å². The van der Waals surface area contributed by atoms with E-state index < -0.39 is 11.7 Å². The maximum atomic E-state index is 11.7. The zero-order chi connectivity index (χ0) is 17.6. The van der Waals surface area contributed by atoms with Crippen molar-refractivity contribution in [1.29, 1.82) is 0 Å². The second kappa shape index (κ2) is 7.93. The Hall–Kier alpha value is -2.40. The summed E-state index contributed by atoms with van der Waals surface area (Å²) in [4.78, 5) is 16.0. The summed E-state index contributed by atoms with van der Waals surface area (Å²) in [5.41, 5.74) is 3.54. The van der Waals surface area contributed by atoms with Crippen LogP contribution in [0.25, 0.3) is 0 Å². The SMILES string of the molecule is Cc1ccc(CNCc2ccc(NC(=O)OC(C)(C)C)cc2)cn1. The van der Waals surface area contributed by atoms with E-state index in [0.29, 0.717) is 0 Å². The minimum Gasteiger partial charge on any atom is -0.444 e. The third-order valence-corrected chi connectivity index (χ3v) is 3.23. The number of aromatic nitrogens is 1. The highest BCUT2D eigenvalue weighted by molar-refractivity contribution is 5.84. The third-order valence-electron chi connectivity index (χ3n) is 3.23. The maximum Gasteiger partial charge on any atom is 0.412 e. The van der Waals surface area contributed by atoms with Crippen molar-refractivity contribution in [2.45, 2.75) is 46.4 Å². The van der Waals surface area contributed by atoms with Crippen LogP contribution in [0.2, 0.25) is 0 Å². The molecule has 2 rings (SSSR count). The number of hydrogen-bond acceptors (Lipinski definition) is 4. The molecule has 0 saturated carbocycles. The molecule has 128 valence electrons. The van der Waals surface area contributed by atoms with Crippen LogP contribution < -0.4 is 10.6 Å².